The maximum Gasteiger partial charge on any atom is 0.337 e. The van der Waals surface area contributed by atoms with Crippen molar-refractivity contribution < 1.29 is 9.53 Å². The molecule has 5 nitrogen and oxygen atoms in total. The van der Waals surface area contributed by atoms with Crippen molar-refractivity contribution in [3.05, 3.63) is 46.8 Å². The first kappa shape index (κ1) is 17.6. The van der Waals surface area contributed by atoms with Gasteiger partial charge in [-0.25, -0.2) is 9.48 Å². The summed E-state index contributed by atoms with van der Waals surface area (Å²) in [6.07, 6.45) is 6.86. The highest BCUT2D eigenvalue weighted by Gasteiger charge is 2.24. The molecule has 0 amide bonds. The van der Waals surface area contributed by atoms with Gasteiger partial charge in [0.05, 0.1) is 24.1 Å². The fourth-order valence-corrected chi connectivity index (χ4v) is 3.67. The van der Waals surface area contributed by atoms with E-state index in [1.165, 1.54) is 43.3 Å². The smallest absolute Gasteiger partial charge is 0.337 e. The molecule has 25 heavy (non-hydrogen) atoms. The van der Waals surface area contributed by atoms with Gasteiger partial charge in [-0.1, -0.05) is 30.2 Å². The minimum absolute atomic E-state index is 0.292. The number of esters is 1. The number of hydrogen-bond acceptors (Lipinski definition) is 4. The second kappa shape index (κ2) is 7.81. The summed E-state index contributed by atoms with van der Waals surface area (Å²) in [5, 5.41) is 8.98. The molecule has 0 saturated heterocycles. The number of ether oxygens (including phenoxy) is 1. The Morgan fingerprint density at radius 1 is 1.24 bits per heavy atom. The Morgan fingerprint density at radius 2 is 2.00 bits per heavy atom. The SMILES string of the molecule is COC(=O)c1ccc(CC2CCCCCc3c2nnn3C(C)C)cc1. The van der Waals surface area contributed by atoms with E-state index in [-0.39, 0.29) is 5.97 Å². The van der Waals surface area contributed by atoms with Gasteiger partial charge in [-0.3, -0.25) is 0 Å². The predicted molar refractivity (Wildman–Crippen MR) is 96.8 cm³/mol. The van der Waals surface area contributed by atoms with Gasteiger partial charge < -0.3 is 4.74 Å². The molecule has 5 heteroatoms. The van der Waals surface area contributed by atoms with Crippen LogP contribution in [0.3, 0.4) is 0 Å². The molecule has 0 saturated carbocycles. The van der Waals surface area contributed by atoms with Crippen LogP contribution in [0, 0.1) is 0 Å². The largest absolute Gasteiger partial charge is 0.465 e. The normalized spacial score (nSPS) is 17.7. The van der Waals surface area contributed by atoms with E-state index in [1.54, 1.807) is 0 Å². The molecule has 0 fully saturated rings. The lowest BCUT2D eigenvalue weighted by Crippen LogP contribution is -2.13. The molecule has 3 rings (SSSR count). The van der Waals surface area contributed by atoms with E-state index in [9.17, 15) is 4.79 Å². The lowest BCUT2D eigenvalue weighted by Gasteiger charge is -2.20. The third-order valence-electron chi connectivity index (χ3n) is 5.02. The summed E-state index contributed by atoms with van der Waals surface area (Å²) in [5.74, 6) is 0.103. The van der Waals surface area contributed by atoms with Crippen LogP contribution in [-0.4, -0.2) is 28.1 Å². The third kappa shape index (κ3) is 3.91. The third-order valence-corrected chi connectivity index (χ3v) is 5.02. The van der Waals surface area contributed by atoms with E-state index in [0.29, 0.717) is 17.5 Å². The van der Waals surface area contributed by atoms with Crippen LogP contribution in [0.15, 0.2) is 24.3 Å². The standard InChI is InChI=1S/C20H27N3O2/c1-14(2)23-18-8-6-4-5-7-17(19(18)21-22-23)13-15-9-11-16(12-10-15)20(24)25-3/h9-12,14,17H,4-8,13H2,1-3H3. The van der Waals surface area contributed by atoms with Gasteiger partial charge in [-0.05, 0) is 57.2 Å². The fraction of sp³-hybridized carbons (Fsp3) is 0.550. The van der Waals surface area contributed by atoms with E-state index >= 15 is 0 Å². The van der Waals surface area contributed by atoms with Crippen LogP contribution < -0.4 is 0 Å². The molecule has 1 aromatic carbocycles. The van der Waals surface area contributed by atoms with Crippen LogP contribution in [0.5, 0.6) is 0 Å². The zero-order chi connectivity index (χ0) is 17.8. The molecule has 0 bridgehead atoms. The molecule has 0 spiro atoms. The summed E-state index contributed by atoms with van der Waals surface area (Å²) in [5.41, 5.74) is 4.30. The zero-order valence-electron chi connectivity index (χ0n) is 15.4. The molecule has 1 aliphatic rings. The Bertz CT molecular complexity index is 719. The molecular formula is C20H27N3O2. The maximum absolute atomic E-state index is 11.6. The average Bonchev–Trinajstić information content (AvgIpc) is 3.01. The van der Waals surface area contributed by atoms with E-state index in [2.05, 4.69) is 28.8 Å². The second-order valence-electron chi connectivity index (χ2n) is 7.15. The van der Waals surface area contributed by atoms with Gasteiger partial charge in [0.25, 0.3) is 0 Å². The van der Waals surface area contributed by atoms with Crippen molar-refractivity contribution in [3.63, 3.8) is 0 Å². The molecule has 0 N–H and O–H groups in total. The number of hydrogen-bond donors (Lipinski definition) is 0. The topological polar surface area (TPSA) is 57.0 Å². The summed E-state index contributed by atoms with van der Waals surface area (Å²) in [6.45, 7) is 4.32. The van der Waals surface area contributed by atoms with Gasteiger partial charge in [0.15, 0.2) is 0 Å². The molecule has 1 unspecified atom stereocenters. The molecule has 1 aromatic heterocycles. The van der Waals surface area contributed by atoms with E-state index in [1.807, 2.05) is 24.3 Å². The zero-order valence-corrected chi connectivity index (χ0v) is 15.4. The van der Waals surface area contributed by atoms with Crippen LogP contribution in [0.4, 0.5) is 0 Å². The summed E-state index contributed by atoms with van der Waals surface area (Å²) < 4.78 is 6.86. The molecule has 1 heterocycles. The van der Waals surface area contributed by atoms with Crippen molar-refractivity contribution in [2.45, 2.75) is 64.3 Å². The molecule has 1 atom stereocenters. The minimum Gasteiger partial charge on any atom is -0.465 e. The predicted octanol–water partition coefficient (Wildman–Crippen LogP) is 4.09. The molecule has 0 aliphatic heterocycles. The number of carbonyl (C=O) groups is 1. The second-order valence-corrected chi connectivity index (χ2v) is 7.15. The van der Waals surface area contributed by atoms with Crippen molar-refractivity contribution in [3.8, 4) is 0 Å². The van der Waals surface area contributed by atoms with E-state index in [4.69, 9.17) is 4.74 Å². The van der Waals surface area contributed by atoms with Gasteiger partial charge in [0, 0.05) is 12.0 Å². The molecular weight excluding hydrogens is 314 g/mol. The highest BCUT2D eigenvalue weighted by atomic mass is 16.5. The lowest BCUT2D eigenvalue weighted by atomic mass is 9.86. The first-order valence-electron chi connectivity index (χ1n) is 9.21. The summed E-state index contributed by atoms with van der Waals surface area (Å²) in [6, 6.07) is 8.08. The van der Waals surface area contributed by atoms with Gasteiger partial charge in [0.1, 0.15) is 0 Å². The highest BCUT2D eigenvalue weighted by Crippen LogP contribution is 2.32. The number of benzene rings is 1. The quantitative estimate of drug-likeness (QED) is 0.786. The van der Waals surface area contributed by atoms with Crippen LogP contribution in [0.2, 0.25) is 0 Å². The van der Waals surface area contributed by atoms with Gasteiger partial charge in [0.2, 0.25) is 0 Å². The number of nitrogens with zero attached hydrogens (tertiary/aromatic N) is 3. The number of methoxy groups -OCH3 is 1. The Balaban J connectivity index is 1.83. The Hall–Kier alpha value is -2.17. The summed E-state index contributed by atoms with van der Waals surface area (Å²) >= 11 is 0. The highest BCUT2D eigenvalue weighted by molar-refractivity contribution is 5.89. The fourth-order valence-electron chi connectivity index (χ4n) is 3.67. The van der Waals surface area contributed by atoms with Crippen LogP contribution >= 0.6 is 0 Å². The first-order valence-corrected chi connectivity index (χ1v) is 9.21. The lowest BCUT2D eigenvalue weighted by molar-refractivity contribution is 0.0600. The van der Waals surface area contributed by atoms with Crippen LogP contribution in [0.1, 0.15) is 78.8 Å². The van der Waals surface area contributed by atoms with Gasteiger partial charge in [-0.2, -0.15) is 0 Å². The van der Waals surface area contributed by atoms with Crippen LogP contribution in [-0.2, 0) is 17.6 Å². The van der Waals surface area contributed by atoms with E-state index < -0.39 is 0 Å². The first-order chi connectivity index (χ1) is 12.1. The van der Waals surface area contributed by atoms with Crippen LogP contribution in [0.25, 0.3) is 0 Å². The van der Waals surface area contributed by atoms with E-state index in [0.717, 1.165) is 19.3 Å². The Morgan fingerprint density at radius 3 is 2.68 bits per heavy atom. The van der Waals surface area contributed by atoms with Crippen molar-refractivity contribution in [2.75, 3.05) is 7.11 Å². The molecule has 2 aromatic rings. The monoisotopic (exact) mass is 341 g/mol. The van der Waals surface area contributed by atoms with Crippen molar-refractivity contribution in [2.24, 2.45) is 0 Å². The maximum atomic E-state index is 11.6. The van der Waals surface area contributed by atoms with Gasteiger partial charge in [-0.15, -0.1) is 5.10 Å². The number of carbonyl (C=O) groups excluding carboxylic acids is 1. The molecule has 1 aliphatic carbocycles. The van der Waals surface area contributed by atoms with Crippen molar-refractivity contribution >= 4 is 5.97 Å². The summed E-state index contributed by atoms with van der Waals surface area (Å²) in [7, 11) is 1.41. The van der Waals surface area contributed by atoms with Gasteiger partial charge >= 0.3 is 5.97 Å². The molecule has 134 valence electrons. The minimum atomic E-state index is -0.292. The summed E-state index contributed by atoms with van der Waals surface area (Å²) in [4.78, 5) is 11.6. The van der Waals surface area contributed by atoms with Crippen molar-refractivity contribution in [1.29, 1.82) is 0 Å². The number of fused-ring (bicyclic) bond motifs is 1. The Kier molecular flexibility index (Phi) is 5.51. The van der Waals surface area contributed by atoms with Crippen molar-refractivity contribution in [1.82, 2.24) is 15.0 Å². The number of rotatable bonds is 4. The number of aromatic nitrogens is 3. The Labute approximate surface area is 149 Å². The molecule has 0 radical (unpaired) electrons. The average molecular weight is 341 g/mol.